The van der Waals surface area contributed by atoms with E-state index in [1.54, 1.807) is 0 Å². The zero-order valence-corrected chi connectivity index (χ0v) is 15.1. The van der Waals surface area contributed by atoms with Crippen molar-refractivity contribution in [3.63, 3.8) is 0 Å². The highest BCUT2D eigenvalue weighted by Gasteiger charge is 2.50. The van der Waals surface area contributed by atoms with E-state index in [2.05, 4.69) is 0 Å². The summed E-state index contributed by atoms with van der Waals surface area (Å²) >= 11 is 41.7. The van der Waals surface area contributed by atoms with Gasteiger partial charge in [0.2, 0.25) is 0 Å². The molecule has 0 radical (unpaired) electrons. The molecule has 2 unspecified atom stereocenters. The van der Waals surface area contributed by atoms with E-state index in [0.717, 1.165) is 0 Å². The Labute approximate surface area is 155 Å². The lowest BCUT2D eigenvalue weighted by Crippen LogP contribution is -2.41. The number of aliphatic hydroxyl groups is 2. The molecule has 2 N–H and O–H groups in total. The van der Waals surface area contributed by atoms with Crippen LogP contribution in [0.25, 0.3) is 0 Å². The van der Waals surface area contributed by atoms with Crippen LogP contribution in [0.4, 0.5) is 0 Å². The van der Waals surface area contributed by atoms with E-state index in [1.165, 1.54) is 12.1 Å². The molecule has 2 rings (SSSR count). The standard InChI is InChI=1S/C12H5Cl7O2/c13-4-2-1-3(5(14)6(4)15)12(21)10(18)8(17)7(16)9(20)11(12)19/h1-2,11,20-21H. The molecule has 2 nitrogen and oxygen atoms in total. The van der Waals surface area contributed by atoms with Crippen LogP contribution < -0.4 is 0 Å². The van der Waals surface area contributed by atoms with Crippen LogP contribution in [0.5, 0.6) is 0 Å². The molecule has 0 saturated carbocycles. The van der Waals surface area contributed by atoms with E-state index in [9.17, 15) is 10.2 Å². The van der Waals surface area contributed by atoms with Gasteiger partial charge < -0.3 is 10.2 Å². The molecule has 2 atom stereocenters. The van der Waals surface area contributed by atoms with Crippen LogP contribution in [-0.2, 0) is 5.60 Å². The molecule has 0 spiro atoms. The van der Waals surface area contributed by atoms with Gasteiger partial charge in [-0.2, -0.15) is 0 Å². The average Bonchev–Trinajstić information content (AvgIpc) is 2.47. The topological polar surface area (TPSA) is 40.5 Å². The molecule has 0 saturated heterocycles. The highest BCUT2D eigenvalue weighted by atomic mass is 35.5. The number of benzene rings is 1. The van der Waals surface area contributed by atoms with Gasteiger partial charge >= 0.3 is 0 Å². The number of allylic oxidation sites excluding steroid dienone is 2. The number of alkyl halides is 1. The number of hydrogen-bond acceptors (Lipinski definition) is 2. The maximum Gasteiger partial charge on any atom is 0.152 e. The molecule has 0 aromatic heterocycles. The SMILES string of the molecule is OC1=C(Cl)C(Cl)=C(Cl)C(O)(c2ccc(Cl)c(Cl)c2Cl)C1Cl. The Bertz CT molecular complexity index is 682. The second-order valence-corrected chi connectivity index (χ2v) is 6.91. The molecule has 9 heteroatoms. The minimum atomic E-state index is -2.10. The third-order valence-corrected chi connectivity index (χ3v) is 6.24. The third kappa shape index (κ3) is 2.64. The average molecular weight is 429 g/mol. The molecule has 0 aliphatic heterocycles. The second kappa shape index (κ2) is 6.18. The lowest BCUT2D eigenvalue weighted by Gasteiger charge is -2.36. The molecule has 1 aromatic carbocycles. The molecule has 0 amide bonds. The molecule has 0 heterocycles. The van der Waals surface area contributed by atoms with Gasteiger partial charge in [-0.15, -0.1) is 11.6 Å². The van der Waals surface area contributed by atoms with Crippen molar-refractivity contribution in [2.75, 3.05) is 0 Å². The smallest absolute Gasteiger partial charge is 0.152 e. The van der Waals surface area contributed by atoms with Gasteiger partial charge in [-0.25, -0.2) is 0 Å². The largest absolute Gasteiger partial charge is 0.509 e. The summed E-state index contributed by atoms with van der Waals surface area (Å²) in [5.41, 5.74) is -2.06. The maximum absolute atomic E-state index is 10.9. The number of halogens is 7. The van der Waals surface area contributed by atoms with Gasteiger partial charge in [0.1, 0.15) is 11.1 Å². The molecule has 114 valence electrons. The van der Waals surface area contributed by atoms with E-state index in [-0.39, 0.29) is 35.7 Å². The molecular formula is C12H5Cl7O2. The predicted molar refractivity (Wildman–Crippen MR) is 89.2 cm³/mol. The molecule has 1 aliphatic rings. The summed E-state index contributed by atoms with van der Waals surface area (Å²) in [5.74, 6) is -0.530. The fraction of sp³-hybridized carbons (Fsp3) is 0.167. The first-order valence-corrected chi connectivity index (χ1v) is 7.99. The van der Waals surface area contributed by atoms with Crippen LogP contribution in [0.1, 0.15) is 5.56 Å². The normalized spacial score (nSPS) is 26.6. The minimum Gasteiger partial charge on any atom is -0.509 e. The lowest BCUT2D eigenvalue weighted by molar-refractivity contribution is 0.0737. The Hall–Kier alpha value is 0.490. The highest BCUT2D eigenvalue weighted by molar-refractivity contribution is 6.50. The van der Waals surface area contributed by atoms with E-state index in [0.29, 0.717) is 0 Å². The van der Waals surface area contributed by atoms with Crippen LogP contribution >= 0.6 is 81.2 Å². The highest BCUT2D eigenvalue weighted by Crippen LogP contribution is 2.52. The number of aliphatic hydroxyl groups excluding tert-OH is 1. The summed E-state index contributed by atoms with van der Waals surface area (Å²) in [6.45, 7) is 0. The van der Waals surface area contributed by atoms with Crippen LogP contribution in [0.3, 0.4) is 0 Å². The van der Waals surface area contributed by atoms with Gasteiger partial charge in [0, 0.05) is 5.56 Å². The van der Waals surface area contributed by atoms with E-state index in [1.807, 2.05) is 0 Å². The van der Waals surface area contributed by atoms with E-state index < -0.39 is 16.7 Å². The van der Waals surface area contributed by atoms with Gasteiger partial charge in [0.25, 0.3) is 0 Å². The Balaban J connectivity index is 2.76. The first-order valence-electron chi connectivity index (χ1n) is 5.29. The molecule has 1 aliphatic carbocycles. The van der Waals surface area contributed by atoms with Crippen molar-refractivity contribution in [3.8, 4) is 0 Å². The van der Waals surface area contributed by atoms with E-state index >= 15 is 0 Å². The van der Waals surface area contributed by atoms with Crippen LogP contribution in [-0.4, -0.2) is 15.6 Å². The zero-order valence-electron chi connectivity index (χ0n) is 9.77. The summed E-state index contributed by atoms with van der Waals surface area (Å²) in [6, 6.07) is 2.78. The Morgan fingerprint density at radius 3 is 2.05 bits per heavy atom. The summed E-state index contributed by atoms with van der Waals surface area (Å²) in [7, 11) is 0. The second-order valence-electron chi connectivity index (χ2n) is 4.18. The van der Waals surface area contributed by atoms with Gasteiger partial charge in [0.15, 0.2) is 5.60 Å². The zero-order chi connectivity index (χ0) is 16.1. The summed E-state index contributed by atoms with van der Waals surface area (Å²) in [4.78, 5) is 0. The van der Waals surface area contributed by atoms with Crippen LogP contribution in [0.15, 0.2) is 33.0 Å². The third-order valence-electron chi connectivity index (χ3n) is 3.00. The molecule has 21 heavy (non-hydrogen) atoms. The fourth-order valence-electron chi connectivity index (χ4n) is 1.87. The van der Waals surface area contributed by atoms with Crippen molar-refractivity contribution < 1.29 is 10.2 Å². The number of rotatable bonds is 1. The summed E-state index contributed by atoms with van der Waals surface area (Å²) < 4.78 is 0. The van der Waals surface area contributed by atoms with Crippen LogP contribution in [0.2, 0.25) is 15.1 Å². The van der Waals surface area contributed by atoms with Crippen molar-refractivity contribution >= 4 is 81.2 Å². The fourth-order valence-corrected chi connectivity index (χ4v) is 3.80. The van der Waals surface area contributed by atoms with Gasteiger partial charge in [0.05, 0.1) is 30.2 Å². The predicted octanol–water partition coefficient (Wildman–Crippen LogP) is 6.15. The van der Waals surface area contributed by atoms with Crippen LogP contribution in [0, 0.1) is 0 Å². The van der Waals surface area contributed by atoms with Gasteiger partial charge in [-0.05, 0) is 6.07 Å². The summed E-state index contributed by atoms with van der Waals surface area (Å²) in [6.07, 6.45) is 0. The Kier molecular flexibility index (Phi) is 5.25. The van der Waals surface area contributed by atoms with E-state index in [4.69, 9.17) is 81.2 Å². The monoisotopic (exact) mass is 426 g/mol. The summed E-state index contributed by atoms with van der Waals surface area (Å²) in [5, 5.41) is 18.8. The first kappa shape index (κ1) is 17.8. The first-order chi connectivity index (χ1) is 9.63. The molecule has 0 bridgehead atoms. The Morgan fingerprint density at radius 1 is 0.905 bits per heavy atom. The van der Waals surface area contributed by atoms with Gasteiger partial charge in [-0.1, -0.05) is 75.7 Å². The van der Waals surface area contributed by atoms with Crippen molar-refractivity contribution in [1.82, 2.24) is 0 Å². The molecule has 1 aromatic rings. The molecular weight excluding hydrogens is 424 g/mol. The quantitative estimate of drug-likeness (QED) is 0.415. The van der Waals surface area contributed by atoms with Crippen molar-refractivity contribution in [1.29, 1.82) is 0 Å². The van der Waals surface area contributed by atoms with Crippen molar-refractivity contribution in [2.45, 2.75) is 11.0 Å². The van der Waals surface area contributed by atoms with Crippen molar-refractivity contribution in [2.24, 2.45) is 0 Å². The minimum absolute atomic E-state index is 0.00820. The van der Waals surface area contributed by atoms with Crippen molar-refractivity contribution in [3.05, 3.63) is 53.6 Å². The molecule has 0 fully saturated rings. The van der Waals surface area contributed by atoms with Gasteiger partial charge in [-0.3, -0.25) is 0 Å². The number of hydrogen-bond donors (Lipinski definition) is 2. The lowest BCUT2D eigenvalue weighted by atomic mass is 9.85. The Morgan fingerprint density at radius 2 is 1.48 bits per heavy atom. The maximum atomic E-state index is 10.9.